The van der Waals surface area contributed by atoms with Crippen LogP contribution in [0.1, 0.15) is 60.3 Å². The number of hydrogen-bond donors (Lipinski definition) is 3. The normalized spacial score (nSPS) is 15.5. The minimum atomic E-state index is -0.300. The number of carbonyl (C=O) groups excluding carboxylic acids is 2. The summed E-state index contributed by atoms with van der Waals surface area (Å²) >= 11 is 15.3. The number of aliphatic hydroxyl groups is 1. The SMILES string of the molecule is Brc1ccccn1.O=C(NC(c1ccc(Cl)cc1)c1ccccn1)C1CCN(CCO)CC1.O=C(NC(c1ccc(Cl)cc1)c1ccccn1)C1CCN(CCOc2ccccn2)CC1. The number of rotatable bonds is 14. The Morgan fingerprint density at radius 3 is 1.40 bits per heavy atom. The van der Waals surface area contributed by atoms with Gasteiger partial charge in [-0.05, 0) is 146 Å². The van der Waals surface area contributed by atoms with Gasteiger partial charge in [-0.2, -0.15) is 0 Å². The van der Waals surface area contributed by atoms with Gasteiger partial charge in [-0.1, -0.05) is 71.7 Å². The summed E-state index contributed by atoms with van der Waals surface area (Å²) in [6.45, 7) is 5.68. The van der Waals surface area contributed by atoms with Crippen LogP contribution in [0.5, 0.6) is 5.88 Å². The summed E-state index contributed by atoms with van der Waals surface area (Å²) in [5, 5.41) is 16.8. The highest BCUT2D eigenvalue weighted by Crippen LogP contribution is 2.27. The van der Waals surface area contributed by atoms with Gasteiger partial charge in [0.25, 0.3) is 0 Å². The predicted molar refractivity (Wildman–Crippen MR) is 258 cm³/mol. The van der Waals surface area contributed by atoms with Crippen molar-refractivity contribution in [2.24, 2.45) is 11.8 Å². The number of halogens is 3. The molecule has 0 bridgehead atoms. The lowest BCUT2D eigenvalue weighted by Crippen LogP contribution is -2.43. The molecule has 3 N–H and O–H groups in total. The zero-order chi connectivity index (χ0) is 45.6. The van der Waals surface area contributed by atoms with Gasteiger partial charge in [0, 0.05) is 65.8 Å². The molecule has 12 nitrogen and oxygen atoms in total. The Kier molecular flexibility index (Phi) is 20.1. The number of aliphatic hydroxyl groups excluding tert-OH is 1. The van der Waals surface area contributed by atoms with Crippen LogP contribution < -0.4 is 15.4 Å². The largest absolute Gasteiger partial charge is 0.476 e. The molecule has 4 aromatic heterocycles. The third kappa shape index (κ3) is 16.3. The van der Waals surface area contributed by atoms with Gasteiger partial charge in [0.2, 0.25) is 17.7 Å². The fourth-order valence-corrected chi connectivity index (χ4v) is 8.14. The van der Waals surface area contributed by atoms with Gasteiger partial charge in [-0.25, -0.2) is 9.97 Å². The highest BCUT2D eigenvalue weighted by Gasteiger charge is 2.29. The van der Waals surface area contributed by atoms with E-state index in [-0.39, 0.29) is 42.3 Å². The Morgan fingerprint density at radius 2 is 1.03 bits per heavy atom. The average molecular weight is 983 g/mol. The number of aromatic nitrogens is 4. The van der Waals surface area contributed by atoms with Crippen molar-refractivity contribution in [1.82, 2.24) is 40.4 Å². The molecule has 8 rings (SSSR count). The Morgan fingerprint density at radius 1 is 0.600 bits per heavy atom. The number of hydrogen-bond acceptors (Lipinski definition) is 10. The molecule has 2 aliphatic rings. The van der Waals surface area contributed by atoms with E-state index >= 15 is 0 Å². The molecule has 2 aliphatic heterocycles. The fourth-order valence-electron chi connectivity index (χ4n) is 7.61. The van der Waals surface area contributed by atoms with E-state index in [1.165, 1.54) is 0 Å². The minimum Gasteiger partial charge on any atom is -0.476 e. The van der Waals surface area contributed by atoms with E-state index in [0.29, 0.717) is 29.1 Å². The first-order valence-electron chi connectivity index (χ1n) is 21.8. The lowest BCUT2D eigenvalue weighted by molar-refractivity contribution is -0.127. The maximum atomic E-state index is 13.1. The number of piperidine rings is 2. The van der Waals surface area contributed by atoms with Crippen LogP contribution in [0.3, 0.4) is 0 Å². The van der Waals surface area contributed by atoms with Crippen molar-refractivity contribution >= 4 is 50.9 Å². The highest BCUT2D eigenvalue weighted by atomic mass is 79.9. The Balaban J connectivity index is 0.000000190. The van der Waals surface area contributed by atoms with Crippen molar-refractivity contribution in [2.45, 2.75) is 37.8 Å². The van der Waals surface area contributed by atoms with Crippen LogP contribution in [0.25, 0.3) is 0 Å². The summed E-state index contributed by atoms with van der Waals surface area (Å²) in [5.74, 6) is 0.744. The van der Waals surface area contributed by atoms with Crippen molar-refractivity contribution in [3.05, 3.63) is 183 Å². The molecule has 0 spiro atoms. The lowest BCUT2D eigenvalue weighted by Gasteiger charge is -2.32. The molecule has 2 aromatic carbocycles. The third-order valence-electron chi connectivity index (χ3n) is 11.2. The first kappa shape index (κ1) is 49.2. The summed E-state index contributed by atoms with van der Waals surface area (Å²) in [4.78, 5) is 47.5. The standard InChI is InChI=1S/C25H27ClN4O2.C20H24ClN3O2.C5H4BrN/c26-21-9-7-19(8-10-21)24(22-5-1-3-13-27-22)29-25(31)20-11-15-30(16-12-20)17-18-32-23-6-2-4-14-28-23;21-17-6-4-15(5-7-17)19(18-3-1-2-10-22-18)23-20(26)16-8-11-24(12-9-16)13-14-25;6-5-3-1-2-4-7-5/h1-10,13-14,20,24H,11-12,15-18H2,(H,29,31);1-7,10,16,19,25H,8-9,11-14H2,(H,23,26);1-4H. The van der Waals surface area contributed by atoms with E-state index in [1.54, 1.807) is 24.8 Å². The fraction of sp³-hybridized carbons (Fsp3) is 0.320. The maximum absolute atomic E-state index is 13.1. The van der Waals surface area contributed by atoms with Crippen molar-refractivity contribution in [2.75, 3.05) is 52.5 Å². The summed E-state index contributed by atoms with van der Waals surface area (Å²) < 4.78 is 6.58. The molecule has 6 heterocycles. The quantitative estimate of drug-likeness (QED) is 0.0908. The number of nitrogens with one attached hydrogen (secondary N) is 2. The average Bonchev–Trinajstić information content (AvgIpc) is 3.35. The van der Waals surface area contributed by atoms with E-state index in [1.807, 2.05) is 121 Å². The zero-order valence-electron chi connectivity index (χ0n) is 36.1. The first-order chi connectivity index (χ1) is 31.7. The number of pyridine rings is 4. The lowest BCUT2D eigenvalue weighted by atomic mass is 9.94. The molecule has 65 heavy (non-hydrogen) atoms. The first-order valence-corrected chi connectivity index (χ1v) is 23.4. The molecule has 2 amide bonds. The molecule has 6 aromatic rings. The van der Waals surface area contributed by atoms with Gasteiger partial charge in [-0.15, -0.1) is 0 Å². The highest BCUT2D eigenvalue weighted by molar-refractivity contribution is 9.10. The topological polar surface area (TPSA) is 146 Å². The van der Waals surface area contributed by atoms with Gasteiger partial charge in [0.15, 0.2) is 0 Å². The second-order valence-corrected chi connectivity index (χ2v) is 17.3. The monoisotopic (exact) mass is 980 g/mol. The number of β-amino-alcohol motifs (C(OH)–C–C–N with tert-alkyl or cyclic N) is 1. The molecular formula is C50H55BrCl2N8O4. The molecule has 2 fully saturated rings. The van der Waals surface area contributed by atoms with E-state index in [9.17, 15) is 9.59 Å². The third-order valence-corrected chi connectivity index (χ3v) is 12.2. The molecule has 2 saturated heterocycles. The van der Waals surface area contributed by atoms with Gasteiger partial charge in [-0.3, -0.25) is 24.5 Å². The predicted octanol–water partition coefficient (Wildman–Crippen LogP) is 8.62. The molecular weight excluding hydrogens is 927 g/mol. The number of carbonyl (C=O) groups is 2. The summed E-state index contributed by atoms with van der Waals surface area (Å²) in [6.07, 6.45) is 10.2. The Hall–Kier alpha value is -5.28. The van der Waals surface area contributed by atoms with Gasteiger partial charge < -0.3 is 25.4 Å². The van der Waals surface area contributed by atoms with Crippen LogP contribution in [0.4, 0.5) is 0 Å². The minimum absolute atomic E-state index is 0.0107. The summed E-state index contributed by atoms with van der Waals surface area (Å²) in [6, 6.07) is 37.2. The zero-order valence-corrected chi connectivity index (χ0v) is 39.2. The second kappa shape index (κ2) is 26.6. The number of ether oxygens (including phenoxy) is 1. The molecule has 15 heteroatoms. The van der Waals surface area contributed by atoms with Gasteiger partial charge in [0.05, 0.1) is 30.1 Å². The van der Waals surface area contributed by atoms with Crippen molar-refractivity contribution < 1.29 is 19.4 Å². The van der Waals surface area contributed by atoms with Gasteiger partial charge >= 0.3 is 0 Å². The molecule has 0 radical (unpaired) electrons. The molecule has 2 atom stereocenters. The van der Waals surface area contributed by atoms with Crippen LogP contribution in [-0.4, -0.2) is 99.1 Å². The summed E-state index contributed by atoms with van der Waals surface area (Å²) in [7, 11) is 0. The molecule has 2 unspecified atom stereocenters. The van der Waals surface area contributed by atoms with Crippen LogP contribution >= 0.6 is 39.1 Å². The van der Waals surface area contributed by atoms with Crippen LogP contribution in [0, 0.1) is 11.8 Å². The smallest absolute Gasteiger partial charge is 0.224 e. The second-order valence-electron chi connectivity index (χ2n) is 15.6. The number of benzene rings is 2. The van der Waals surface area contributed by atoms with E-state index in [4.69, 9.17) is 33.0 Å². The van der Waals surface area contributed by atoms with E-state index < -0.39 is 0 Å². The van der Waals surface area contributed by atoms with Crippen molar-refractivity contribution in [3.8, 4) is 5.88 Å². The van der Waals surface area contributed by atoms with Crippen LogP contribution in [0.15, 0.2) is 151 Å². The van der Waals surface area contributed by atoms with Crippen molar-refractivity contribution in [3.63, 3.8) is 0 Å². The van der Waals surface area contributed by atoms with Crippen molar-refractivity contribution in [1.29, 1.82) is 0 Å². The van der Waals surface area contributed by atoms with Crippen LogP contribution in [0.2, 0.25) is 10.0 Å². The van der Waals surface area contributed by atoms with Gasteiger partial charge in [0.1, 0.15) is 11.2 Å². The summed E-state index contributed by atoms with van der Waals surface area (Å²) in [5.41, 5.74) is 3.54. The maximum Gasteiger partial charge on any atom is 0.224 e. The number of likely N-dealkylation sites (tertiary alicyclic amines) is 2. The number of nitrogens with zero attached hydrogens (tertiary/aromatic N) is 6. The Labute approximate surface area is 399 Å². The van der Waals surface area contributed by atoms with Crippen LogP contribution in [-0.2, 0) is 9.59 Å². The molecule has 0 saturated carbocycles. The molecule has 340 valence electrons. The van der Waals surface area contributed by atoms with E-state index in [2.05, 4.69) is 56.3 Å². The number of amides is 2. The Bertz CT molecular complexity index is 2270. The molecule has 0 aliphatic carbocycles. The van der Waals surface area contributed by atoms with E-state index in [0.717, 1.165) is 85.5 Å².